The third-order valence-electron chi connectivity index (χ3n) is 3.98. The number of methoxy groups -OCH3 is 1. The highest BCUT2D eigenvalue weighted by Gasteiger charge is 2.15. The van der Waals surface area contributed by atoms with Crippen LogP contribution in [0.3, 0.4) is 0 Å². The number of amides is 1. The molecule has 0 aliphatic carbocycles. The first-order valence-electron chi connectivity index (χ1n) is 8.19. The highest BCUT2D eigenvalue weighted by Crippen LogP contribution is 2.23. The van der Waals surface area contributed by atoms with Crippen molar-refractivity contribution < 1.29 is 13.9 Å². The quantitative estimate of drug-likeness (QED) is 0.733. The van der Waals surface area contributed by atoms with E-state index in [-0.39, 0.29) is 11.7 Å². The van der Waals surface area contributed by atoms with E-state index in [1.54, 1.807) is 30.0 Å². The van der Waals surface area contributed by atoms with Crippen LogP contribution in [0.25, 0.3) is 5.65 Å². The van der Waals surface area contributed by atoms with Gasteiger partial charge in [-0.15, -0.1) is 0 Å². The summed E-state index contributed by atoms with van der Waals surface area (Å²) in [7, 11) is 3.39. The zero-order valence-electron chi connectivity index (χ0n) is 14.9. The molecule has 136 valence electrons. The van der Waals surface area contributed by atoms with Gasteiger partial charge in [-0.25, -0.2) is 13.9 Å². The number of rotatable bonds is 6. The Bertz CT molecular complexity index is 940. The third-order valence-corrected chi connectivity index (χ3v) is 3.98. The number of anilines is 1. The zero-order valence-corrected chi connectivity index (χ0v) is 14.9. The maximum atomic E-state index is 13.6. The molecule has 0 fully saturated rings. The monoisotopic (exact) mass is 357 g/mol. The van der Waals surface area contributed by atoms with E-state index < -0.39 is 0 Å². The molecule has 0 aliphatic rings. The number of nitrogens with zero attached hydrogens (tertiary/aromatic N) is 4. The number of carbonyl (C=O) groups is 1. The second-order valence-electron chi connectivity index (χ2n) is 5.78. The van der Waals surface area contributed by atoms with Crippen LogP contribution < -0.4 is 15.0 Å². The molecule has 0 spiro atoms. The average molecular weight is 357 g/mol. The molecule has 1 amide bonds. The minimum Gasteiger partial charge on any atom is -0.496 e. The fourth-order valence-corrected chi connectivity index (χ4v) is 2.70. The lowest BCUT2D eigenvalue weighted by molar-refractivity contribution is 0.0957. The molecule has 7 nitrogen and oxygen atoms in total. The minimum atomic E-state index is -0.327. The third kappa shape index (κ3) is 3.44. The number of nitrogens with one attached hydrogen (secondary N) is 1. The first-order valence-corrected chi connectivity index (χ1v) is 8.19. The maximum Gasteiger partial charge on any atom is 0.256 e. The normalized spacial score (nSPS) is 10.8. The van der Waals surface area contributed by atoms with E-state index in [1.165, 1.54) is 18.3 Å². The number of ether oxygens (including phenoxy) is 1. The van der Waals surface area contributed by atoms with Gasteiger partial charge in [-0.1, -0.05) is 0 Å². The average Bonchev–Trinajstić information content (AvgIpc) is 3.05. The molecule has 3 rings (SSSR count). The number of fused-ring (bicyclic) bond motifs is 1. The van der Waals surface area contributed by atoms with Crippen molar-refractivity contribution in [3.63, 3.8) is 0 Å². The fourth-order valence-electron chi connectivity index (χ4n) is 2.70. The summed E-state index contributed by atoms with van der Waals surface area (Å²) in [6.45, 7) is 2.77. The molecule has 0 saturated heterocycles. The Morgan fingerprint density at radius 2 is 2.19 bits per heavy atom. The molecule has 0 bridgehead atoms. The Balaban J connectivity index is 1.91. The Morgan fingerprint density at radius 3 is 2.92 bits per heavy atom. The van der Waals surface area contributed by atoms with Crippen molar-refractivity contribution in [1.82, 2.24) is 19.9 Å². The summed E-state index contributed by atoms with van der Waals surface area (Å²) in [5, 5.41) is 6.90. The Kier molecular flexibility index (Phi) is 5.01. The first-order chi connectivity index (χ1) is 12.5. The van der Waals surface area contributed by atoms with Crippen molar-refractivity contribution in [2.45, 2.75) is 13.5 Å². The number of halogens is 1. The SMILES string of the molecule is CCNC(=O)c1cnn2ccc(N(C)Cc3cc(F)ccc3OC)nc12. The van der Waals surface area contributed by atoms with Crippen LogP contribution >= 0.6 is 0 Å². The Labute approximate surface area is 150 Å². The van der Waals surface area contributed by atoms with Gasteiger partial charge < -0.3 is 15.0 Å². The number of hydrogen-bond acceptors (Lipinski definition) is 5. The molecule has 0 saturated carbocycles. The molecule has 2 heterocycles. The zero-order chi connectivity index (χ0) is 18.7. The van der Waals surface area contributed by atoms with Gasteiger partial charge in [0.1, 0.15) is 22.9 Å². The lowest BCUT2D eigenvalue weighted by Gasteiger charge is -2.20. The van der Waals surface area contributed by atoms with Crippen molar-refractivity contribution in [1.29, 1.82) is 0 Å². The topological polar surface area (TPSA) is 71.8 Å². The van der Waals surface area contributed by atoms with E-state index in [2.05, 4.69) is 15.4 Å². The number of carbonyl (C=O) groups excluding carboxylic acids is 1. The Morgan fingerprint density at radius 1 is 1.38 bits per heavy atom. The van der Waals surface area contributed by atoms with E-state index in [9.17, 15) is 9.18 Å². The Hall–Kier alpha value is -3.16. The summed E-state index contributed by atoms with van der Waals surface area (Å²) >= 11 is 0. The van der Waals surface area contributed by atoms with Gasteiger partial charge in [0, 0.05) is 31.9 Å². The highest BCUT2D eigenvalue weighted by molar-refractivity contribution is 5.99. The van der Waals surface area contributed by atoms with Crippen LogP contribution in [0.5, 0.6) is 5.75 Å². The van der Waals surface area contributed by atoms with Crippen LogP contribution in [0.15, 0.2) is 36.7 Å². The van der Waals surface area contributed by atoms with Crippen LogP contribution in [0, 0.1) is 5.82 Å². The summed E-state index contributed by atoms with van der Waals surface area (Å²) in [5.41, 5.74) is 1.58. The summed E-state index contributed by atoms with van der Waals surface area (Å²) in [4.78, 5) is 18.5. The van der Waals surface area contributed by atoms with Crippen LogP contribution in [0.2, 0.25) is 0 Å². The van der Waals surface area contributed by atoms with Crippen molar-refractivity contribution in [3.05, 3.63) is 53.6 Å². The number of aromatic nitrogens is 3. The molecule has 8 heteroatoms. The summed E-state index contributed by atoms with van der Waals surface area (Å²) < 4.78 is 20.4. The molecular formula is C18H20FN5O2. The van der Waals surface area contributed by atoms with E-state index >= 15 is 0 Å². The first kappa shape index (κ1) is 17.7. The molecule has 0 atom stereocenters. The summed E-state index contributed by atoms with van der Waals surface area (Å²) in [6, 6.07) is 6.18. The largest absolute Gasteiger partial charge is 0.496 e. The number of benzene rings is 1. The molecule has 3 aromatic rings. The lowest BCUT2D eigenvalue weighted by atomic mass is 10.2. The van der Waals surface area contributed by atoms with Gasteiger partial charge >= 0.3 is 0 Å². The molecule has 0 radical (unpaired) electrons. The molecule has 1 N–H and O–H groups in total. The molecule has 0 unspecified atom stereocenters. The molecule has 1 aromatic carbocycles. The van der Waals surface area contributed by atoms with Crippen molar-refractivity contribution in [2.75, 3.05) is 25.6 Å². The van der Waals surface area contributed by atoms with Gasteiger partial charge in [-0.3, -0.25) is 4.79 Å². The minimum absolute atomic E-state index is 0.221. The van der Waals surface area contributed by atoms with E-state index in [4.69, 9.17) is 4.74 Å². The van der Waals surface area contributed by atoms with Crippen LogP contribution in [0.4, 0.5) is 10.2 Å². The molecule has 26 heavy (non-hydrogen) atoms. The van der Waals surface area contributed by atoms with Crippen molar-refractivity contribution in [2.24, 2.45) is 0 Å². The summed E-state index contributed by atoms with van der Waals surface area (Å²) in [5.74, 6) is 0.690. The van der Waals surface area contributed by atoms with Gasteiger partial charge in [-0.2, -0.15) is 5.10 Å². The van der Waals surface area contributed by atoms with Crippen molar-refractivity contribution >= 4 is 17.4 Å². The van der Waals surface area contributed by atoms with Gasteiger partial charge in [0.15, 0.2) is 5.65 Å². The standard InChI is InChI=1S/C18H20FN5O2/c1-4-20-18(25)14-10-21-24-8-7-16(22-17(14)24)23(2)11-12-9-13(19)5-6-15(12)26-3/h5-10H,4,11H2,1-3H3,(H,20,25). The highest BCUT2D eigenvalue weighted by atomic mass is 19.1. The van der Waals surface area contributed by atoms with Gasteiger partial charge in [-0.05, 0) is 31.2 Å². The van der Waals surface area contributed by atoms with Gasteiger partial charge in [0.25, 0.3) is 5.91 Å². The van der Waals surface area contributed by atoms with E-state index in [1.807, 2.05) is 18.9 Å². The van der Waals surface area contributed by atoms with Crippen LogP contribution in [-0.2, 0) is 6.54 Å². The molecular weight excluding hydrogens is 337 g/mol. The molecule has 0 aliphatic heterocycles. The van der Waals surface area contributed by atoms with Gasteiger partial charge in [0.2, 0.25) is 0 Å². The summed E-state index contributed by atoms with van der Waals surface area (Å²) in [6.07, 6.45) is 3.23. The predicted octanol–water partition coefficient (Wildman–Crippen LogP) is 2.26. The number of hydrogen-bond donors (Lipinski definition) is 1. The second kappa shape index (κ2) is 7.38. The second-order valence-corrected chi connectivity index (χ2v) is 5.78. The van der Waals surface area contributed by atoms with Crippen LogP contribution in [0.1, 0.15) is 22.8 Å². The van der Waals surface area contributed by atoms with E-state index in [0.29, 0.717) is 41.4 Å². The van der Waals surface area contributed by atoms with E-state index in [0.717, 1.165) is 0 Å². The smallest absolute Gasteiger partial charge is 0.256 e. The molecule has 2 aromatic heterocycles. The maximum absolute atomic E-state index is 13.6. The fraction of sp³-hybridized carbons (Fsp3) is 0.278. The van der Waals surface area contributed by atoms with Crippen molar-refractivity contribution in [3.8, 4) is 5.75 Å². The lowest BCUT2D eigenvalue weighted by Crippen LogP contribution is -2.23. The predicted molar refractivity (Wildman–Crippen MR) is 96.1 cm³/mol. The van der Waals surface area contributed by atoms with Crippen LogP contribution in [-0.4, -0.2) is 41.2 Å². The van der Waals surface area contributed by atoms with Gasteiger partial charge in [0.05, 0.1) is 13.3 Å².